The molecule has 1 N–H and O–H groups in total. The molecule has 0 radical (unpaired) electrons. The molecule has 0 fully saturated rings. The third-order valence-corrected chi connectivity index (χ3v) is 4.90. The van der Waals surface area contributed by atoms with Crippen LogP contribution >= 0.6 is 15.9 Å². The van der Waals surface area contributed by atoms with Gasteiger partial charge in [-0.1, -0.05) is 15.9 Å². The monoisotopic (exact) mass is 456 g/mol. The summed E-state index contributed by atoms with van der Waals surface area (Å²) in [5, 5.41) is 6.96. The minimum Gasteiger partial charge on any atom is -0.309 e. The van der Waals surface area contributed by atoms with E-state index in [0.29, 0.717) is 21.7 Å². The first-order valence-corrected chi connectivity index (χ1v) is 9.41. The molecule has 0 saturated carbocycles. The Hall–Kier alpha value is -3.33. The van der Waals surface area contributed by atoms with E-state index in [1.165, 1.54) is 28.9 Å². The van der Waals surface area contributed by atoms with Crippen LogP contribution in [0, 0.1) is 12.7 Å². The third-order valence-electron chi connectivity index (χ3n) is 4.40. The number of carbonyl (C=O) groups is 3. The smallest absolute Gasteiger partial charge is 0.262 e. The van der Waals surface area contributed by atoms with E-state index < -0.39 is 24.3 Å². The van der Waals surface area contributed by atoms with Crippen LogP contribution in [0.4, 0.5) is 10.2 Å². The van der Waals surface area contributed by atoms with Crippen LogP contribution in [0.1, 0.15) is 26.4 Å². The van der Waals surface area contributed by atoms with Crippen molar-refractivity contribution in [3.8, 4) is 5.69 Å². The standard InChI is InChI=1S/C20H14BrFN4O3/c1-11-8-17(26(24-11)14-5-3-13(22)4-6-14)23-18(27)10-25-19(28)15-7-2-12(21)9-16(15)20(25)29/h2-9H,10H2,1H3,(H,23,27). The third kappa shape index (κ3) is 3.56. The Morgan fingerprint density at radius 3 is 2.48 bits per heavy atom. The first-order valence-electron chi connectivity index (χ1n) is 8.61. The second kappa shape index (κ2) is 7.25. The number of aryl methyl sites for hydroxylation is 1. The number of imide groups is 1. The SMILES string of the molecule is Cc1cc(NC(=O)CN2C(=O)c3ccc(Br)cc3C2=O)n(-c2ccc(F)cc2)n1. The summed E-state index contributed by atoms with van der Waals surface area (Å²) in [6.45, 7) is 1.31. The van der Waals surface area contributed by atoms with Gasteiger partial charge >= 0.3 is 0 Å². The molecule has 0 unspecified atom stereocenters. The second-order valence-electron chi connectivity index (χ2n) is 6.49. The van der Waals surface area contributed by atoms with Crippen LogP contribution in [0.15, 0.2) is 53.0 Å². The predicted octanol–water partition coefficient (Wildman–Crippen LogP) is 3.32. The number of nitrogens with zero attached hydrogens (tertiary/aromatic N) is 3. The van der Waals surface area contributed by atoms with E-state index in [9.17, 15) is 18.8 Å². The van der Waals surface area contributed by atoms with Crippen LogP contribution in [0.3, 0.4) is 0 Å². The average molecular weight is 457 g/mol. The van der Waals surface area contributed by atoms with Gasteiger partial charge in [-0.15, -0.1) is 0 Å². The number of halogens is 2. The number of benzene rings is 2. The molecule has 0 atom stereocenters. The van der Waals surface area contributed by atoms with Gasteiger partial charge in [0, 0.05) is 10.5 Å². The van der Waals surface area contributed by atoms with E-state index in [1.54, 1.807) is 31.2 Å². The van der Waals surface area contributed by atoms with Gasteiger partial charge in [0.05, 0.1) is 22.5 Å². The topological polar surface area (TPSA) is 84.3 Å². The Morgan fingerprint density at radius 1 is 1.07 bits per heavy atom. The summed E-state index contributed by atoms with van der Waals surface area (Å²) in [6.07, 6.45) is 0. The predicted molar refractivity (Wildman–Crippen MR) is 106 cm³/mol. The van der Waals surface area contributed by atoms with Crippen molar-refractivity contribution < 1.29 is 18.8 Å². The fraction of sp³-hybridized carbons (Fsp3) is 0.100. The van der Waals surface area contributed by atoms with Crippen molar-refractivity contribution in [2.24, 2.45) is 0 Å². The molecule has 1 aliphatic rings. The number of hydrogen-bond donors (Lipinski definition) is 1. The van der Waals surface area contributed by atoms with Gasteiger partial charge in [-0.3, -0.25) is 19.3 Å². The highest BCUT2D eigenvalue weighted by Gasteiger charge is 2.36. The summed E-state index contributed by atoms with van der Waals surface area (Å²) in [5.74, 6) is -1.64. The molecule has 0 aliphatic carbocycles. The highest BCUT2D eigenvalue weighted by atomic mass is 79.9. The molecule has 3 amide bonds. The lowest BCUT2D eigenvalue weighted by Gasteiger charge is -2.14. The number of anilines is 1. The van der Waals surface area contributed by atoms with E-state index in [-0.39, 0.29) is 16.9 Å². The van der Waals surface area contributed by atoms with Crippen molar-refractivity contribution in [2.75, 3.05) is 11.9 Å². The Labute approximate surface area is 173 Å². The molecule has 1 aliphatic heterocycles. The van der Waals surface area contributed by atoms with Gasteiger partial charge < -0.3 is 5.32 Å². The van der Waals surface area contributed by atoms with Crippen molar-refractivity contribution in [3.63, 3.8) is 0 Å². The van der Waals surface area contributed by atoms with Crippen LogP contribution in [-0.4, -0.2) is 38.9 Å². The van der Waals surface area contributed by atoms with Crippen molar-refractivity contribution in [1.29, 1.82) is 0 Å². The molecular formula is C20H14BrFN4O3. The van der Waals surface area contributed by atoms with Crippen molar-refractivity contribution in [3.05, 3.63) is 75.6 Å². The van der Waals surface area contributed by atoms with Gasteiger partial charge in [-0.25, -0.2) is 9.07 Å². The van der Waals surface area contributed by atoms with Crippen molar-refractivity contribution in [2.45, 2.75) is 6.92 Å². The highest BCUT2D eigenvalue weighted by Crippen LogP contribution is 2.26. The van der Waals surface area contributed by atoms with Crippen LogP contribution in [0.2, 0.25) is 0 Å². The Morgan fingerprint density at radius 2 is 1.76 bits per heavy atom. The number of nitrogens with one attached hydrogen (secondary N) is 1. The molecule has 3 aromatic rings. The molecule has 0 spiro atoms. The first kappa shape index (κ1) is 19.0. The largest absolute Gasteiger partial charge is 0.309 e. The summed E-state index contributed by atoms with van der Waals surface area (Å²) in [6, 6.07) is 12.0. The second-order valence-corrected chi connectivity index (χ2v) is 7.41. The molecule has 2 aromatic carbocycles. The number of amides is 3. The van der Waals surface area contributed by atoms with Crippen LogP contribution in [0.25, 0.3) is 5.69 Å². The molecule has 29 heavy (non-hydrogen) atoms. The lowest BCUT2D eigenvalue weighted by molar-refractivity contribution is -0.116. The number of rotatable bonds is 4. The van der Waals surface area contributed by atoms with Crippen LogP contribution in [0.5, 0.6) is 0 Å². The Kier molecular flexibility index (Phi) is 4.75. The zero-order valence-corrected chi connectivity index (χ0v) is 16.7. The number of hydrogen-bond acceptors (Lipinski definition) is 4. The first-order chi connectivity index (χ1) is 13.8. The van der Waals surface area contributed by atoms with Crippen LogP contribution in [-0.2, 0) is 4.79 Å². The maximum Gasteiger partial charge on any atom is 0.262 e. The maximum atomic E-state index is 13.2. The molecule has 4 rings (SSSR count). The van der Waals surface area contributed by atoms with Gasteiger partial charge in [-0.05, 0) is 49.4 Å². The number of aromatic nitrogens is 2. The van der Waals surface area contributed by atoms with E-state index >= 15 is 0 Å². The highest BCUT2D eigenvalue weighted by molar-refractivity contribution is 9.10. The molecule has 146 valence electrons. The lowest BCUT2D eigenvalue weighted by Crippen LogP contribution is -2.37. The quantitative estimate of drug-likeness (QED) is 0.610. The molecule has 7 nitrogen and oxygen atoms in total. The van der Waals surface area contributed by atoms with E-state index in [2.05, 4.69) is 26.3 Å². The fourth-order valence-electron chi connectivity index (χ4n) is 3.10. The zero-order valence-electron chi connectivity index (χ0n) is 15.1. The molecule has 9 heteroatoms. The van der Waals surface area contributed by atoms with Crippen molar-refractivity contribution in [1.82, 2.24) is 14.7 Å². The number of fused-ring (bicyclic) bond motifs is 1. The van der Waals surface area contributed by atoms with Gasteiger partial charge in [0.2, 0.25) is 5.91 Å². The van der Waals surface area contributed by atoms with E-state index in [1.807, 2.05) is 0 Å². The van der Waals surface area contributed by atoms with Gasteiger partial charge in [0.1, 0.15) is 18.2 Å². The number of carbonyl (C=O) groups excluding carboxylic acids is 3. The van der Waals surface area contributed by atoms with Gasteiger partial charge in [0.25, 0.3) is 11.8 Å². The summed E-state index contributed by atoms with van der Waals surface area (Å²) in [5.41, 5.74) is 1.71. The van der Waals surface area contributed by atoms with Crippen molar-refractivity contribution >= 4 is 39.5 Å². The minimum absolute atomic E-state index is 0.254. The molecule has 0 saturated heterocycles. The molecule has 0 bridgehead atoms. The molecular weight excluding hydrogens is 443 g/mol. The maximum absolute atomic E-state index is 13.2. The fourth-order valence-corrected chi connectivity index (χ4v) is 3.46. The van der Waals surface area contributed by atoms with E-state index in [4.69, 9.17) is 0 Å². The Balaban J connectivity index is 1.54. The molecule has 1 aromatic heterocycles. The summed E-state index contributed by atoms with van der Waals surface area (Å²) >= 11 is 3.27. The van der Waals surface area contributed by atoms with Gasteiger partial charge in [0.15, 0.2) is 0 Å². The summed E-state index contributed by atoms with van der Waals surface area (Å²) < 4.78 is 15.3. The average Bonchev–Trinajstić information content (AvgIpc) is 3.15. The normalized spacial score (nSPS) is 13.0. The van der Waals surface area contributed by atoms with E-state index in [0.717, 1.165) is 4.90 Å². The minimum atomic E-state index is -0.554. The van der Waals surface area contributed by atoms with Crippen LogP contribution < -0.4 is 5.32 Å². The summed E-state index contributed by atoms with van der Waals surface area (Å²) in [4.78, 5) is 38.5. The Bertz CT molecular complexity index is 1160. The summed E-state index contributed by atoms with van der Waals surface area (Å²) in [7, 11) is 0. The lowest BCUT2D eigenvalue weighted by atomic mass is 10.1. The zero-order chi connectivity index (χ0) is 20.7. The molecule has 2 heterocycles. The van der Waals surface area contributed by atoms with Gasteiger partial charge in [-0.2, -0.15) is 5.10 Å².